The van der Waals surface area contributed by atoms with Gasteiger partial charge in [0.1, 0.15) is 0 Å². The average Bonchev–Trinajstić information content (AvgIpc) is 2.78. The Morgan fingerprint density at radius 2 is 1.84 bits per heavy atom. The maximum Gasteiger partial charge on any atom is 0.0472 e. The standard InChI is InChI=1S/C15H12Cl2N2/c16-11-2-1-3-13(6-11)18-8-10-9-19-15-7-12(17)4-5-14(10)15/h1-7,9,18-19H,8H2. The highest BCUT2D eigenvalue weighted by Gasteiger charge is 2.04. The lowest BCUT2D eigenvalue weighted by atomic mass is 10.2. The normalized spacial score (nSPS) is 10.8. The molecule has 0 aliphatic heterocycles. The van der Waals surface area contributed by atoms with Crippen LogP contribution in [0.4, 0.5) is 5.69 Å². The van der Waals surface area contributed by atoms with Crippen LogP contribution in [-0.4, -0.2) is 4.98 Å². The molecule has 0 radical (unpaired) electrons. The zero-order valence-corrected chi connectivity index (χ0v) is 11.6. The quantitative estimate of drug-likeness (QED) is 0.691. The minimum Gasteiger partial charge on any atom is -0.381 e. The molecule has 0 aliphatic carbocycles. The Bertz CT molecular complexity index is 719. The summed E-state index contributed by atoms with van der Waals surface area (Å²) < 4.78 is 0. The first-order chi connectivity index (χ1) is 9.22. The number of hydrogen-bond acceptors (Lipinski definition) is 1. The van der Waals surface area contributed by atoms with Crippen LogP contribution in [-0.2, 0) is 6.54 Å². The fraction of sp³-hybridized carbons (Fsp3) is 0.0667. The van der Waals surface area contributed by atoms with Crippen LogP contribution >= 0.6 is 23.2 Å². The first-order valence-electron chi connectivity index (χ1n) is 5.97. The second-order valence-electron chi connectivity index (χ2n) is 4.37. The minimum absolute atomic E-state index is 0.732. The topological polar surface area (TPSA) is 27.8 Å². The summed E-state index contributed by atoms with van der Waals surface area (Å²) in [5.41, 5.74) is 3.26. The smallest absolute Gasteiger partial charge is 0.0472 e. The number of H-pyrrole nitrogens is 1. The molecule has 3 aromatic rings. The highest BCUT2D eigenvalue weighted by Crippen LogP contribution is 2.23. The van der Waals surface area contributed by atoms with E-state index in [-0.39, 0.29) is 0 Å². The molecule has 3 rings (SSSR count). The predicted molar refractivity (Wildman–Crippen MR) is 82.1 cm³/mol. The molecule has 96 valence electrons. The number of rotatable bonds is 3. The molecular weight excluding hydrogens is 279 g/mol. The number of anilines is 1. The van der Waals surface area contributed by atoms with Crippen LogP contribution in [0.25, 0.3) is 10.9 Å². The molecule has 0 saturated heterocycles. The third-order valence-corrected chi connectivity index (χ3v) is 3.51. The van der Waals surface area contributed by atoms with Crippen molar-refractivity contribution in [3.63, 3.8) is 0 Å². The Morgan fingerprint density at radius 1 is 1.00 bits per heavy atom. The van der Waals surface area contributed by atoms with Gasteiger partial charge in [0.15, 0.2) is 0 Å². The lowest BCUT2D eigenvalue weighted by Gasteiger charge is -2.06. The van der Waals surface area contributed by atoms with Crippen LogP contribution in [0, 0.1) is 0 Å². The number of nitrogens with one attached hydrogen (secondary N) is 2. The molecule has 0 unspecified atom stereocenters. The Morgan fingerprint density at radius 3 is 2.68 bits per heavy atom. The lowest BCUT2D eigenvalue weighted by Crippen LogP contribution is -1.98. The van der Waals surface area contributed by atoms with Crippen LogP contribution in [0.15, 0.2) is 48.7 Å². The van der Waals surface area contributed by atoms with Crippen molar-refractivity contribution < 1.29 is 0 Å². The maximum atomic E-state index is 5.97. The molecule has 0 fully saturated rings. The largest absolute Gasteiger partial charge is 0.381 e. The van der Waals surface area contributed by atoms with Crippen LogP contribution in [0.3, 0.4) is 0 Å². The van der Waals surface area contributed by atoms with E-state index in [0.717, 1.165) is 27.8 Å². The van der Waals surface area contributed by atoms with Gasteiger partial charge < -0.3 is 10.3 Å². The summed E-state index contributed by atoms with van der Waals surface area (Å²) >= 11 is 11.9. The van der Waals surface area contributed by atoms with E-state index < -0.39 is 0 Å². The monoisotopic (exact) mass is 290 g/mol. The summed E-state index contributed by atoms with van der Waals surface area (Å²) in [6.45, 7) is 0.738. The molecule has 0 amide bonds. The third kappa shape index (κ3) is 2.70. The Labute approximate surface area is 121 Å². The van der Waals surface area contributed by atoms with Crippen molar-refractivity contribution in [2.24, 2.45) is 0 Å². The van der Waals surface area contributed by atoms with Gasteiger partial charge in [-0.1, -0.05) is 35.3 Å². The van der Waals surface area contributed by atoms with E-state index >= 15 is 0 Å². The van der Waals surface area contributed by atoms with E-state index in [9.17, 15) is 0 Å². The molecule has 2 aromatic carbocycles. The van der Waals surface area contributed by atoms with Crippen molar-refractivity contribution in [3.8, 4) is 0 Å². The van der Waals surface area contributed by atoms with E-state index in [1.54, 1.807) is 0 Å². The van der Waals surface area contributed by atoms with Gasteiger partial charge in [-0.05, 0) is 35.9 Å². The Kier molecular flexibility index (Phi) is 3.36. The van der Waals surface area contributed by atoms with Gasteiger partial charge >= 0.3 is 0 Å². The SMILES string of the molecule is Clc1cccc(NCc2c[nH]c3cc(Cl)ccc23)c1. The van der Waals surface area contributed by atoms with Gasteiger partial charge in [0, 0.05) is 39.4 Å². The molecule has 0 atom stereocenters. The average molecular weight is 291 g/mol. The summed E-state index contributed by atoms with van der Waals surface area (Å²) in [5, 5.41) is 6.01. The fourth-order valence-corrected chi connectivity index (χ4v) is 2.46. The number of aromatic nitrogens is 1. The van der Waals surface area contributed by atoms with E-state index in [4.69, 9.17) is 23.2 Å². The van der Waals surface area contributed by atoms with Crippen LogP contribution < -0.4 is 5.32 Å². The molecule has 1 aromatic heterocycles. The molecule has 0 bridgehead atoms. The van der Waals surface area contributed by atoms with Gasteiger partial charge in [-0.25, -0.2) is 0 Å². The van der Waals surface area contributed by atoms with Crippen molar-refractivity contribution in [2.45, 2.75) is 6.54 Å². The van der Waals surface area contributed by atoms with Gasteiger partial charge in [-0.2, -0.15) is 0 Å². The molecule has 2 nitrogen and oxygen atoms in total. The van der Waals surface area contributed by atoms with Crippen LogP contribution in [0.2, 0.25) is 10.0 Å². The van der Waals surface area contributed by atoms with Gasteiger partial charge in [0.25, 0.3) is 0 Å². The number of halogens is 2. The molecule has 0 spiro atoms. The number of aromatic amines is 1. The first-order valence-corrected chi connectivity index (χ1v) is 6.73. The Balaban J connectivity index is 1.82. The van der Waals surface area contributed by atoms with Crippen molar-refractivity contribution in [1.82, 2.24) is 4.98 Å². The molecule has 0 saturated carbocycles. The fourth-order valence-electron chi connectivity index (χ4n) is 2.10. The first kappa shape index (κ1) is 12.4. The van der Waals surface area contributed by atoms with E-state index in [0.29, 0.717) is 0 Å². The summed E-state index contributed by atoms with van der Waals surface area (Å²) in [5.74, 6) is 0. The second-order valence-corrected chi connectivity index (χ2v) is 5.24. The minimum atomic E-state index is 0.732. The van der Waals surface area contributed by atoms with Crippen molar-refractivity contribution in [1.29, 1.82) is 0 Å². The third-order valence-electron chi connectivity index (χ3n) is 3.04. The van der Waals surface area contributed by atoms with Gasteiger partial charge in [-0.15, -0.1) is 0 Å². The molecule has 2 N–H and O–H groups in total. The zero-order valence-electron chi connectivity index (χ0n) is 10.1. The molecule has 4 heteroatoms. The highest BCUT2D eigenvalue weighted by atomic mass is 35.5. The number of hydrogen-bond donors (Lipinski definition) is 2. The number of fused-ring (bicyclic) bond motifs is 1. The van der Waals surface area contributed by atoms with Crippen LogP contribution in [0.5, 0.6) is 0 Å². The Hall–Kier alpha value is -1.64. The van der Waals surface area contributed by atoms with Crippen LogP contribution in [0.1, 0.15) is 5.56 Å². The van der Waals surface area contributed by atoms with Crippen molar-refractivity contribution in [3.05, 3.63) is 64.3 Å². The highest BCUT2D eigenvalue weighted by molar-refractivity contribution is 6.31. The zero-order chi connectivity index (χ0) is 13.2. The summed E-state index contributed by atoms with van der Waals surface area (Å²) in [6, 6.07) is 13.6. The summed E-state index contributed by atoms with van der Waals surface area (Å²) in [6.07, 6.45) is 2.00. The molecule has 0 aliphatic rings. The van der Waals surface area contributed by atoms with Gasteiger partial charge in [0.2, 0.25) is 0 Å². The lowest BCUT2D eigenvalue weighted by molar-refractivity contribution is 1.16. The van der Waals surface area contributed by atoms with E-state index in [2.05, 4.69) is 10.3 Å². The van der Waals surface area contributed by atoms with Gasteiger partial charge in [0.05, 0.1) is 0 Å². The predicted octanol–water partition coefficient (Wildman–Crippen LogP) is 5.09. The number of benzene rings is 2. The van der Waals surface area contributed by atoms with E-state index in [1.165, 1.54) is 10.9 Å². The van der Waals surface area contributed by atoms with Crippen molar-refractivity contribution >= 4 is 39.8 Å². The van der Waals surface area contributed by atoms with E-state index in [1.807, 2.05) is 48.7 Å². The molecule has 19 heavy (non-hydrogen) atoms. The van der Waals surface area contributed by atoms with Crippen molar-refractivity contribution in [2.75, 3.05) is 5.32 Å². The molecule has 1 heterocycles. The maximum absolute atomic E-state index is 5.97. The molecular formula is C15H12Cl2N2. The summed E-state index contributed by atoms with van der Waals surface area (Å²) in [4.78, 5) is 3.23. The summed E-state index contributed by atoms with van der Waals surface area (Å²) in [7, 11) is 0. The van der Waals surface area contributed by atoms with Gasteiger partial charge in [-0.3, -0.25) is 0 Å². The second kappa shape index (κ2) is 5.16.